The molecule has 0 fully saturated rings. The Bertz CT molecular complexity index is 419. The molecular weight excluding hydrogens is 282 g/mol. The molecular formula is C11H9BrF2O2. The molecule has 0 bridgehead atoms. The van der Waals surface area contributed by atoms with Crippen molar-refractivity contribution in [1.29, 1.82) is 0 Å². The van der Waals surface area contributed by atoms with Gasteiger partial charge in [0.2, 0.25) is 0 Å². The van der Waals surface area contributed by atoms with E-state index in [4.69, 9.17) is 4.74 Å². The van der Waals surface area contributed by atoms with Crippen LogP contribution in [-0.2, 0) is 4.74 Å². The molecule has 1 rings (SSSR count). The second kappa shape index (κ2) is 5.86. The van der Waals surface area contributed by atoms with Gasteiger partial charge in [0.05, 0.1) is 16.6 Å². The Morgan fingerprint density at radius 1 is 1.44 bits per heavy atom. The summed E-state index contributed by atoms with van der Waals surface area (Å²) < 4.78 is 31.0. The van der Waals surface area contributed by atoms with Crippen LogP contribution in [0.2, 0.25) is 0 Å². The van der Waals surface area contributed by atoms with Gasteiger partial charge in [0, 0.05) is 6.07 Å². The number of hydrogen-bond acceptors (Lipinski definition) is 2. The number of ketones is 1. The highest BCUT2D eigenvalue weighted by Gasteiger charge is 2.14. The number of carbonyl (C=O) groups is 1. The fourth-order valence-electron chi connectivity index (χ4n) is 1.05. The third-order valence-electron chi connectivity index (χ3n) is 1.78. The van der Waals surface area contributed by atoms with Crippen molar-refractivity contribution in [3.8, 4) is 0 Å². The molecule has 0 N–H and O–H groups in total. The summed E-state index contributed by atoms with van der Waals surface area (Å²) in [4.78, 5) is 11.5. The maximum Gasteiger partial charge on any atom is 0.191 e. The van der Waals surface area contributed by atoms with E-state index < -0.39 is 17.4 Å². The smallest absolute Gasteiger partial charge is 0.191 e. The first-order valence-corrected chi connectivity index (χ1v) is 5.22. The molecule has 0 radical (unpaired) electrons. The Labute approximate surface area is 100 Å². The SMILES string of the molecule is C=CCOCC(=O)c1cc(Br)c(F)cc1F. The van der Waals surface area contributed by atoms with Crippen LogP contribution in [0.25, 0.3) is 0 Å². The van der Waals surface area contributed by atoms with Crippen LogP contribution in [0.15, 0.2) is 29.3 Å². The molecule has 1 aromatic rings. The fraction of sp³-hybridized carbons (Fsp3) is 0.182. The minimum atomic E-state index is -0.895. The zero-order chi connectivity index (χ0) is 12.1. The van der Waals surface area contributed by atoms with Crippen molar-refractivity contribution >= 4 is 21.7 Å². The van der Waals surface area contributed by atoms with Crippen LogP contribution in [0, 0.1) is 11.6 Å². The second-order valence-corrected chi connectivity index (χ2v) is 3.83. The first kappa shape index (κ1) is 13.0. The monoisotopic (exact) mass is 290 g/mol. The number of carbonyl (C=O) groups excluding carboxylic acids is 1. The fourth-order valence-corrected chi connectivity index (χ4v) is 1.39. The zero-order valence-corrected chi connectivity index (χ0v) is 9.89. The maximum atomic E-state index is 13.2. The van der Waals surface area contributed by atoms with E-state index in [1.54, 1.807) is 0 Å². The summed E-state index contributed by atoms with van der Waals surface area (Å²) in [5.41, 5.74) is -0.197. The lowest BCUT2D eigenvalue weighted by Crippen LogP contribution is -2.11. The van der Waals surface area contributed by atoms with Crippen molar-refractivity contribution in [1.82, 2.24) is 0 Å². The van der Waals surface area contributed by atoms with Crippen molar-refractivity contribution in [2.24, 2.45) is 0 Å². The van der Waals surface area contributed by atoms with Crippen LogP contribution in [0.3, 0.4) is 0 Å². The number of Topliss-reactive ketones (excluding diaryl/α,β-unsaturated/α-hetero) is 1. The van der Waals surface area contributed by atoms with Gasteiger partial charge in [0.15, 0.2) is 5.78 Å². The van der Waals surface area contributed by atoms with E-state index in [-0.39, 0.29) is 23.2 Å². The molecule has 0 amide bonds. The van der Waals surface area contributed by atoms with E-state index in [0.29, 0.717) is 6.07 Å². The van der Waals surface area contributed by atoms with Crippen molar-refractivity contribution < 1.29 is 18.3 Å². The average molecular weight is 291 g/mol. The number of rotatable bonds is 5. The van der Waals surface area contributed by atoms with Gasteiger partial charge in [-0.1, -0.05) is 6.08 Å². The quantitative estimate of drug-likeness (QED) is 0.360. The van der Waals surface area contributed by atoms with E-state index in [9.17, 15) is 13.6 Å². The lowest BCUT2D eigenvalue weighted by atomic mass is 10.1. The molecule has 0 unspecified atom stereocenters. The van der Waals surface area contributed by atoms with Gasteiger partial charge in [-0.05, 0) is 22.0 Å². The topological polar surface area (TPSA) is 26.3 Å². The summed E-state index contributed by atoms with van der Waals surface area (Å²) >= 11 is 2.88. The van der Waals surface area contributed by atoms with Crippen molar-refractivity contribution in [3.05, 3.63) is 46.5 Å². The van der Waals surface area contributed by atoms with Gasteiger partial charge in [-0.25, -0.2) is 8.78 Å². The lowest BCUT2D eigenvalue weighted by Gasteiger charge is -2.04. The number of hydrogen-bond donors (Lipinski definition) is 0. The number of benzene rings is 1. The summed E-state index contributed by atoms with van der Waals surface area (Å²) in [5, 5.41) is 0. The van der Waals surface area contributed by atoms with Gasteiger partial charge in [-0.15, -0.1) is 6.58 Å². The summed E-state index contributed by atoms with van der Waals surface area (Å²) in [6.45, 7) is 3.35. The van der Waals surface area contributed by atoms with Gasteiger partial charge in [-0.2, -0.15) is 0 Å². The molecule has 0 atom stereocenters. The molecule has 5 heteroatoms. The summed E-state index contributed by atoms with van der Waals surface area (Å²) in [5.74, 6) is -2.19. The molecule has 1 aromatic carbocycles. The van der Waals surface area contributed by atoms with E-state index in [1.165, 1.54) is 6.08 Å². The Balaban J connectivity index is 2.83. The van der Waals surface area contributed by atoms with Gasteiger partial charge in [-0.3, -0.25) is 4.79 Å². The minimum Gasteiger partial charge on any atom is -0.369 e. The average Bonchev–Trinajstić information content (AvgIpc) is 2.23. The normalized spacial score (nSPS) is 10.2. The zero-order valence-electron chi connectivity index (χ0n) is 8.30. The largest absolute Gasteiger partial charge is 0.369 e. The predicted molar refractivity (Wildman–Crippen MR) is 59.4 cm³/mol. The van der Waals surface area contributed by atoms with Crippen LogP contribution in [0.1, 0.15) is 10.4 Å². The standard InChI is InChI=1S/C11H9BrF2O2/c1-2-3-16-6-11(15)7-4-8(12)10(14)5-9(7)13/h2,4-5H,1,3,6H2. The highest BCUT2D eigenvalue weighted by atomic mass is 79.9. The molecule has 0 aromatic heterocycles. The first-order valence-electron chi connectivity index (χ1n) is 4.42. The Morgan fingerprint density at radius 3 is 2.75 bits per heavy atom. The van der Waals surface area contributed by atoms with Gasteiger partial charge < -0.3 is 4.74 Å². The van der Waals surface area contributed by atoms with E-state index >= 15 is 0 Å². The van der Waals surface area contributed by atoms with Crippen molar-refractivity contribution in [3.63, 3.8) is 0 Å². The van der Waals surface area contributed by atoms with Crippen molar-refractivity contribution in [2.75, 3.05) is 13.2 Å². The van der Waals surface area contributed by atoms with Crippen LogP contribution in [0.4, 0.5) is 8.78 Å². The summed E-state index contributed by atoms with van der Waals surface area (Å²) in [6.07, 6.45) is 1.48. The first-order chi connectivity index (χ1) is 7.56. The number of halogens is 3. The Morgan fingerprint density at radius 2 is 2.12 bits per heavy atom. The molecule has 0 heterocycles. The summed E-state index contributed by atoms with van der Waals surface area (Å²) in [7, 11) is 0. The molecule has 2 nitrogen and oxygen atoms in total. The number of ether oxygens (including phenoxy) is 1. The van der Waals surface area contributed by atoms with Gasteiger partial charge in [0.1, 0.15) is 18.2 Å². The summed E-state index contributed by atoms with van der Waals surface area (Å²) in [6, 6.07) is 1.76. The molecule has 0 spiro atoms. The molecule has 0 aliphatic rings. The van der Waals surface area contributed by atoms with Crippen LogP contribution in [-0.4, -0.2) is 19.0 Å². The van der Waals surface area contributed by atoms with Crippen LogP contribution < -0.4 is 0 Å². The third-order valence-corrected chi connectivity index (χ3v) is 2.39. The molecule has 16 heavy (non-hydrogen) atoms. The Hall–Kier alpha value is -1.07. The highest BCUT2D eigenvalue weighted by Crippen LogP contribution is 2.20. The van der Waals surface area contributed by atoms with E-state index in [2.05, 4.69) is 22.5 Å². The molecule has 86 valence electrons. The highest BCUT2D eigenvalue weighted by molar-refractivity contribution is 9.10. The Kier molecular flexibility index (Phi) is 4.76. The third kappa shape index (κ3) is 3.21. The van der Waals surface area contributed by atoms with Crippen LogP contribution >= 0.6 is 15.9 Å². The predicted octanol–water partition coefficient (Wildman–Crippen LogP) is 3.11. The molecule has 0 saturated carbocycles. The van der Waals surface area contributed by atoms with E-state index in [1.807, 2.05) is 0 Å². The van der Waals surface area contributed by atoms with Crippen LogP contribution in [0.5, 0.6) is 0 Å². The van der Waals surface area contributed by atoms with Gasteiger partial charge >= 0.3 is 0 Å². The second-order valence-electron chi connectivity index (χ2n) is 2.97. The lowest BCUT2D eigenvalue weighted by molar-refractivity contribution is 0.0802. The molecule has 0 aliphatic heterocycles. The minimum absolute atomic E-state index is 0.0426. The molecule has 0 saturated heterocycles. The molecule has 0 aliphatic carbocycles. The van der Waals surface area contributed by atoms with Crippen molar-refractivity contribution in [2.45, 2.75) is 0 Å². The van der Waals surface area contributed by atoms with Gasteiger partial charge in [0.25, 0.3) is 0 Å². The maximum absolute atomic E-state index is 13.2. The van der Waals surface area contributed by atoms with E-state index in [0.717, 1.165) is 6.07 Å².